The zero-order chi connectivity index (χ0) is 13.0. The molecule has 0 aliphatic heterocycles. The van der Waals surface area contributed by atoms with Gasteiger partial charge in [-0.3, -0.25) is 4.79 Å². The quantitative estimate of drug-likeness (QED) is 0.647. The monoisotopic (exact) mass is 255 g/mol. The van der Waals surface area contributed by atoms with Gasteiger partial charge in [0.05, 0.1) is 0 Å². The molecule has 4 saturated carbocycles. The number of Topliss-reactive ketones (excluding diaryl/α,β-unsaturated/α-hetero) is 1. The number of carbonyl (C=O) groups excluding carboxylic acids is 1. The van der Waals surface area contributed by atoms with Crippen molar-refractivity contribution in [2.45, 2.75) is 38.5 Å². The summed E-state index contributed by atoms with van der Waals surface area (Å²) in [6.45, 7) is 0. The van der Waals surface area contributed by atoms with Crippen LogP contribution in [0.15, 0.2) is 24.3 Å². The van der Waals surface area contributed by atoms with E-state index in [1.807, 2.05) is 24.3 Å². The van der Waals surface area contributed by atoms with Gasteiger partial charge in [0, 0.05) is 16.7 Å². The highest BCUT2D eigenvalue weighted by Gasteiger charge is 2.54. The Morgan fingerprint density at radius 2 is 1.63 bits per heavy atom. The number of anilines is 1. The number of hydrogen-bond acceptors (Lipinski definition) is 2. The fraction of sp³-hybridized carbons (Fsp3) is 0.588. The topological polar surface area (TPSA) is 43.1 Å². The summed E-state index contributed by atoms with van der Waals surface area (Å²) in [5.74, 6) is 2.82. The first-order chi connectivity index (χ1) is 9.14. The predicted molar refractivity (Wildman–Crippen MR) is 75.8 cm³/mol. The Morgan fingerprint density at radius 1 is 1.05 bits per heavy atom. The van der Waals surface area contributed by atoms with Crippen LogP contribution in [0, 0.1) is 23.2 Å². The maximum absolute atomic E-state index is 13.0. The molecule has 0 aromatic heterocycles. The van der Waals surface area contributed by atoms with Crippen LogP contribution in [0.3, 0.4) is 0 Å². The molecule has 2 N–H and O–H groups in total. The zero-order valence-electron chi connectivity index (χ0n) is 11.3. The van der Waals surface area contributed by atoms with E-state index in [0.717, 1.165) is 42.6 Å². The third-order valence-electron chi connectivity index (χ3n) is 5.67. The number of hydrogen-bond donors (Lipinski definition) is 1. The van der Waals surface area contributed by atoms with E-state index in [0.29, 0.717) is 11.5 Å². The van der Waals surface area contributed by atoms with Crippen LogP contribution in [0.1, 0.15) is 48.9 Å². The SMILES string of the molecule is Nc1cccc(C(=O)C23CC4CC(CC(C4)C2)C3)c1. The van der Waals surface area contributed by atoms with Crippen LogP contribution in [0.5, 0.6) is 0 Å². The first-order valence-corrected chi connectivity index (χ1v) is 7.55. The fourth-order valence-electron chi connectivity index (χ4n) is 5.37. The molecular weight excluding hydrogens is 234 g/mol. The Morgan fingerprint density at radius 3 is 2.16 bits per heavy atom. The molecule has 0 amide bonds. The van der Waals surface area contributed by atoms with Crippen molar-refractivity contribution in [3.05, 3.63) is 29.8 Å². The van der Waals surface area contributed by atoms with Gasteiger partial charge in [0.15, 0.2) is 5.78 Å². The Bertz CT molecular complexity index is 499. The summed E-state index contributed by atoms with van der Waals surface area (Å²) in [5.41, 5.74) is 7.34. The van der Waals surface area contributed by atoms with Crippen LogP contribution in [-0.2, 0) is 0 Å². The second-order valence-corrected chi connectivity index (χ2v) is 7.15. The fourth-order valence-corrected chi connectivity index (χ4v) is 5.37. The third-order valence-corrected chi connectivity index (χ3v) is 5.67. The van der Waals surface area contributed by atoms with E-state index in [9.17, 15) is 4.79 Å². The summed E-state index contributed by atoms with van der Waals surface area (Å²) in [6, 6.07) is 7.57. The molecule has 0 unspecified atom stereocenters. The molecule has 2 nitrogen and oxygen atoms in total. The molecule has 2 heteroatoms. The van der Waals surface area contributed by atoms with Gasteiger partial charge in [-0.15, -0.1) is 0 Å². The highest BCUT2D eigenvalue weighted by atomic mass is 16.1. The van der Waals surface area contributed by atoms with Crippen molar-refractivity contribution >= 4 is 11.5 Å². The standard InChI is InChI=1S/C17H21NO/c18-15-3-1-2-14(7-15)16(19)17-8-11-4-12(9-17)6-13(5-11)10-17/h1-3,7,11-13H,4-6,8-10,18H2. The van der Waals surface area contributed by atoms with Crippen LogP contribution >= 0.6 is 0 Å². The van der Waals surface area contributed by atoms with E-state index in [4.69, 9.17) is 5.73 Å². The number of ketones is 1. The van der Waals surface area contributed by atoms with Gasteiger partial charge in [0.2, 0.25) is 0 Å². The second-order valence-electron chi connectivity index (χ2n) is 7.15. The summed E-state index contributed by atoms with van der Waals surface area (Å²) in [5, 5.41) is 0. The van der Waals surface area contributed by atoms with Gasteiger partial charge in [0.25, 0.3) is 0 Å². The Hall–Kier alpha value is -1.31. The third kappa shape index (κ3) is 1.73. The molecule has 0 saturated heterocycles. The van der Waals surface area contributed by atoms with Gasteiger partial charge in [-0.2, -0.15) is 0 Å². The molecule has 5 rings (SSSR count). The van der Waals surface area contributed by atoms with Crippen molar-refractivity contribution in [3.8, 4) is 0 Å². The Balaban J connectivity index is 1.70. The summed E-state index contributed by atoms with van der Waals surface area (Å²) in [4.78, 5) is 13.0. The maximum Gasteiger partial charge on any atom is 0.169 e. The number of benzene rings is 1. The molecular formula is C17H21NO. The van der Waals surface area contributed by atoms with E-state index in [1.165, 1.54) is 19.3 Å². The lowest BCUT2D eigenvalue weighted by Crippen LogP contribution is -2.50. The number of nitrogens with two attached hydrogens (primary N) is 1. The minimum absolute atomic E-state index is 0.0391. The molecule has 4 aliphatic carbocycles. The molecule has 4 fully saturated rings. The van der Waals surface area contributed by atoms with Crippen LogP contribution in [-0.4, -0.2) is 5.78 Å². The zero-order valence-corrected chi connectivity index (χ0v) is 11.3. The van der Waals surface area contributed by atoms with Crippen LogP contribution in [0.2, 0.25) is 0 Å². The van der Waals surface area contributed by atoms with Crippen molar-refractivity contribution < 1.29 is 4.79 Å². The highest BCUT2D eigenvalue weighted by molar-refractivity contribution is 6.01. The smallest absolute Gasteiger partial charge is 0.169 e. The van der Waals surface area contributed by atoms with E-state index >= 15 is 0 Å². The van der Waals surface area contributed by atoms with Crippen LogP contribution in [0.25, 0.3) is 0 Å². The summed E-state index contributed by atoms with van der Waals surface area (Å²) in [6.07, 6.45) is 7.53. The van der Waals surface area contributed by atoms with Gasteiger partial charge in [-0.25, -0.2) is 0 Å². The molecule has 4 bridgehead atoms. The van der Waals surface area contributed by atoms with Gasteiger partial charge in [-0.05, 0) is 68.4 Å². The molecule has 0 spiro atoms. The first-order valence-electron chi connectivity index (χ1n) is 7.55. The number of nitrogen functional groups attached to an aromatic ring is 1. The number of carbonyl (C=O) groups is 1. The van der Waals surface area contributed by atoms with Crippen molar-refractivity contribution in [2.24, 2.45) is 23.2 Å². The van der Waals surface area contributed by atoms with E-state index < -0.39 is 0 Å². The lowest BCUT2D eigenvalue weighted by Gasteiger charge is -2.56. The molecule has 0 radical (unpaired) electrons. The maximum atomic E-state index is 13.0. The molecule has 19 heavy (non-hydrogen) atoms. The summed E-state index contributed by atoms with van der Waals surface area (Å²) < 4.78 is 0. The average molecular weight is 255 g/mol. The van der Waals surface area contributed by atoms with Crippen molar-refractivity contribution in [3.63, 3.8) is 0 Å². The van der Waals surface area contributed by atoms with Crippen LogP contribution in [0.4, 0.5) is 5.69 Å². The highest BCUT2D eigenvalue weighted by Crippen LogP contribution is 2.60. The second kappa shape index (κ2) is 3.84. The normalized spacial score (nSPS) is 39.5. The van der Waals surface area contributed by atoms with E-state index in [-0.39, 0.29) is 5.41 Å². The van der Waals surface area contributed by atoms with Crippen molar-refractivity contribution in [1.29, 1.82) is 0 Å². The average Bonchev–Trinajstić information content (AvgIpc) is 2.36. The summed E-state index contributed by atoms with van der Waals surface area (Å²) in [7, 11) is 0. The van der Waals surface area contributed by atoms with Crippen molar-refractivity contribution in [2.75, 3.05) is 5.73 Å². The Kier molecular flexibility index (Phi) is 2.33. The summed E-state index contributed by atoms with van der Waals surface area (Å²) >= 11 is 0. The lowest BCUT2D eigenvalue weighted by atomic mass is 9.48. The Labute approximate surface area is 114 Å². The molecule has 1 aromatic rings. The van der Waals surface area contributed by atoms with Gasteiger partial charge in [0.1, 0.15) is 0 Å². The van der Waals surface area contributed by atoms with Crippen molar-refractivity contribution in [1.82, 2.24) is 0 Å². The van der Waals surface area contributed by atoms with Gasteiger partial charge >= 0.3 is 0 Å². The van der Waals surface area contributed by atoms with Crippen LogP contribution < -0.4 is 5.73 Å². The largest absolute Gasteiger partial charge is 0.399 e. The molecule has 4 aliphatic rings. The van der Waals surface area contributed by atoms with E-state index in [1.54, 1.807) is 0 Å². The minimum Gasteiger partial charge on any atom is -0.399 e. The molecule has 0 atom stereocenters. The first kappa shape index (κ1) is 11.5. The molecule has 100 valence electrons. The predicted octanol–water partition coefficient (Wildman–Crippen LogP) is 3.67. The minimum atomic E-state index is -0.0391. The molecule has 1 aromatic carbocycles. The lowest BCUT2D eigenvalue weighted by molar-refractivity contribution is -0.0353. The van der Waals surface area contributed by atoms with E-state index in [2.05, 4.69) is 0 Å². The van der Waals surface area contributed by atoms with Gasteiger partial charge in [-0.1, -0.05) is 12.1 Å². The molecule has 0 heterocycles. The van der Waals surface area contributed by atoms with Gasteiger partial charge < -0.3 is 5.73 Å². The number of rotatable bonds is 2.